The van der Waals surface area contributed by atoms with Crippen LogP contribution in [0.15, 0.2) is 48.9 Å². The third-order valence-electron chi connectivity index (χ3n) is 2.90. The summed E-state index contributed by atoms with van der Waals surface area (Å²) in [6, 6.07) is 9.22. The van der Waals surface area contributed by atoms with Crippen LogP contribution in [0.4, 0.5) is 5.95 Å². The van der Waals surface area contributed by atoms with Crippen molar-refractivity contribution in [3.05, 3.63) is 54.5 Å². The van der Waals surface area contributed by atoms with Crippen molar-refractivity contribution >= 4 is 16.9 Å². The first-order valence-corrected chi connectivity index (χ1v) is 5.97. The second kappa shape index (κ2) is 4.89. The number of aromatic hydroxyl groups is 1. The van der Waals surface area contributed by atoms with Crippen LogP contribution in [-0.4, -0.2) is 15.1 Å². The zero-order valence-electron chi connectivity index (χ0n) is 10.2. The zero-order valence-corrected chi connectivity index (χ0v) is 10.2. The van der Waals surface area contributed by atoms with Gasteiger partial charge in [0.1, 0.15) is 0 Å². The Hall–Kier alpha value is -2.69. The number of nitrogens with zero attached hydrogens (tertiary/aromatic N) is 2. The highest BCUT2D eigenvalue weighted by atomic mass is 16.3. The molecule has 3 N–H and O–H groups in total. The molecule has 94 valence electrons. The number of phenolic OH excluding ortho intramolecular Hbond substituents is 1. The topological polar surface area (TPSA) is 72.2 Å². The van der Waals surface area contributed by atoms with Gasteiger partial charge in [0, 0.05) is 25.0 Å². The van der Waals surface area contributed by atoms with Crippen molar-refractivity contribution in [3.8, 4) is 5.75 Å². The summed E-state index contributed by atoms with van der Waals surface area (Å²) in [7, 11) is 0. The third-order valence-corrected chi connectivity index (χ3v) is 2.90. The number of aromatic nitrogens is 3. The molecule has 5 nitrogen and oxygen atoms in total. The Bertz CT molecular complexity index is 700. The van der Waals surface area contributed by atoms with E-state index in [0.29, 0.717) is 12.5 Å². The van der Waals surface area contributed by atoms with Gasteiger partial charge < -0.3 is 10.4 Å². The molecule has 5 heteroatoms. The Morgan fingerprint density at radius 3 is 2.79 bits per heavy atom. The van der Waals surface area contributed by atoms with Gasteiger partial charge in [-0.3, -0.25) is 0 Å². The predicted octanol–water partition coefficient (Wildman–Crippen LogP) is 1.76. The lowest BCUT2D eigenvalue weighted by atomic mass is 10.1. The van der Waals surface area contributed by atoms with Crippen molar-refractivity contribution < 1.29 is 10.1 Å². The van der Waals surface area contributed by atoms with Crippen LogP contribution in [0.25, 0.3) is 10.9 Å². The molecule has 0 radical (unpaired) electrons. The molecule has 3 aromatic rings. The highest BCUT2D eigenvalue weighted by Gasteiger charge is 2.10. The first kappa shape index (κ1) is 11.4. The van der Waals surface area contributed by atoms with Gasteiger partial charge in [-0.2, -0.15) is 0 Å². The first-order valence-electron chi connectivity index (χ1n) is 5.97. The molecule has 0 bridgehead atoms. The Balaban J connectivity index is 1.91. The number of anilines is 1. The van der Waals surface area contributed by atoms with Crippen molar-refractivity contribution in [2.24, 2.45) is 0 Å². The molecular weight excluding hydrogens is 240 g/mol. The Labute approximate surface area is 110 Å². The maximum absolute atomic E-state index is 9.80. The SMILES string of the molecule is Oc1ccc(CNc2ncccn2)c2ccc[nH+]c12. The number of pyridine rings is 1. The fourth-order valence-electron chi connectivity index (χ4n) is 1.99. The van der Waals surface area contributed by atoms with Crippen LogP contribution in [0.5, 0.6) is 5.75 Å². The van der Waals surface area contributed by atoms with E-state index in [4.69, 9.17) is 0 Å². The van der Waals surface area contributed by atoms with E-state index < -0.39 is 0 Å². The first-order chi connectivity index (χ1) is 9.34. The van der Waals surface area contributed by atoms with Gasteiger partial charge in [-0.05, 0) is 23.8 Å². The fraction of sp³-hybridized carbons (Fsp3) is 0.0714. The molecule has 1 aromatic carbocycles. The molecule has 0 fully saturated rings. The largest absolute Gasteiger partial charge is 0.502 e. The number of phenols is 1. The number of fused-ring (bicyclic) bond motifs is 1. The lowest BCUT2D eigenvalue weighted by molar-refractivity contribution is -0.345. The fourth-order valence-corrected chi connectivity index (χ4v) is 1.99. The van der Waals surface area contributed by atoms with Gasteiger partial charge >= 0.3 is 0 Å². The van der Waals surface area contributed by atoms with E-state index in [2.05, 4.69) is 20.3 Å². The maximum atomic E-state index is 9.80. The van der Waals surface area contributed by atoms with Gasteiger partial charge in [-0.1, -0.05) is 6.07 Å². The van der Waals surface area contributed by atoms with Crippen LogP contribution in [-0.2, 0) is 6.54 Å². The number of nitrogens with one attached hydrogen (secondary N) is 2. The molecule has 2 heterocycles. The van der Waals surface area contributed by atoms with E-state index in [1.807, 2.05) is 18.2 Å². The molecular formula is C14H13N4O+. The van der Waals surface area contributed by atoms with E-state index in [0.717, 1.165) is 16.5 Å². The van der Waals surface area contributed by atoms with Gasteiger partial charge in [0.25, 0.3) is 5.52 Å². The summed E-state index contributed by atoms with van der Waals surface area (Å²) >= 11 is 0. The summed E-state index contributed by atoms with van der Waals surface area (Å²) in [6.07, 6.45) is 5.18. The predicted molar refractivity (Wildman–Crippen MR) is 71.5 cm³/mol. The Morgan fingerprint density at radius 2 is 1.95 bits per heavy atom. The van der Waals surface area contributed by atoms with Crippen molar-refractivity contribution in [2.45, 2.75) is 6.54 Å². The smallest absolute Gasteiger partial charge is 0.253 e. The lowest BCUT2D eigenvalue weighted by Crippen LogP contribution is -2.07. The van der Waals surface area contributed by atoms with Crippen molar-refractivity contribution in [1.29, 1.82) is 0 Å². The average molecular weight is 253 g/mol. The van der Waals surface area contributed by atoms with Gasteiger partial charge in [-0.25, -0.2) is 15.0 Å². The van der Waals surface area contributed by atoms with Gasteiger partial charge in [0.2, 0.25) is 5.95 Å². The van der Waals surface area contributed by atoms with E-state index in [1.165, 1.54) is 0 Å². The highest BCUT2D eigenvalue weighted by molar-refractivity contribution is 5.84. The lowest BCUT2D eigenvalue weighted by Gasteiger charge is -2.06. The van der Waals surface area contributed by atoms with E-state index in [-0.39, 0.29) is 5.75 Å². The number of benzene rings is 1. The van der Waals surface area contributed by atoms with Crippen LogP contribution < -0.4 is 10.3 Å². The second-order valence-electron chi connectivity index (χ2n) is 4.13. The molecule has 0 atom stereocenters. The maximum Gasteiger partial charge on any atom is 0.253 e. The molecule has 2 aromatic heterocycles. The van der Waals surface area contributed by atoms with E-state index in [9.17, 15) is 5.11 Å². The van der Waals surface area contributed by atoms with Gasteiger partial charge in [0.15, 0.2) is 11.9 Å². The minimum absolute atomic E-state index is 0.246. The molecule has 0 aliphatic carbocycles. The normalized spacial score (nSPS) is 10.5. The molecule has 0 aliphatic heterocycles. The average Bonchev–Trinajstić information content (AvgIpc) is 2.48. The molecule has 0 spiro atoms. The molecule has 0 aliphatic rings. The zero-order chi connectivity index (χ0) is 13.1. The monoisotopic (exact) mass is 253 g/mol. The highest BCUT2D eigenvalue weighted by Crippen LogP contribution is 2.23. The molecule has 19 heavy (non-hydrogen) atoms. The Kier molecular flexibility index (Phi) is 2.94. The minimum atomic E-state index is 0.246. The Morgan fingerprint density at radius 1 is 1.11 bits per heavy atom. The quantitative estimate of drug-likeness (QED) is 0.746. The van der Waals surface area contributed by atoms with Crippen LogP contribution in [0.2, 0.25) is 0 Å². The van der Waals surface area contributed by atoms with Crippen molar-refractivity contribution in [1.82, 2.24) is 9.97 Å². The number of hydrogen-bond donors (Lipinski definition) is 2. The summed E-state index contributed by atoms with van der Waals surface area (Å²) in [5, 5.41) is 13.9. The summed E-state index contributed by atoms with van der Waals surface area (Å²) < 4.78 is 0. The number of aromatic amines is 1. The van der Waals surface area contributed by atoms with Crippen LogP contribution in [0, 0.1) is 0 Å². The standard InChI is InChI=1S/C14H12N4O/c19-12-5-4-10(11-3-1-6-15-13(11)12)9-18-14-16-7-2-8-17-14/h1-8,19H,9H2,(H,16,17,18)/p+1. The summed E-state index contributed by atoms with van der Waals surface area (Å²) in [6.45, 7) is 0.596. The van der Waals surface area contributed by atoms with Crippen LogP contribution in [0.3, 0.4) is 0 Å². The van der Waals surface area contributed by atoms with Gasteiger partial charge in [-0.15, -0.1) is 0 Å². The summed E-state index contributed by atoms with van der Waals surface area (Å²) in [5.41, 5.74) is 1.80. The molecule has 0 amide bonds. The van der Waals surface area contributed by atoms with Crippen molar-refractivity contribution in [2.75, 3.05) is 5.32 Å². The molecule has 0 unspecified atom stereocenters. The number of hydrogen-bond acceptors (Lipinski definition) is 4. The third kappa shape index (κ3) is 2.30. The van der Waals surface area contributed by atoms with Crippen molar-refractivity contribution in [3.63, 3.8) is 0 Å². The summed E-state index contributed by atoms with van der Waals surface area (Å²) in [5.74, 6) is 0.832. The number of H-pyrrole nitrogens is 1. The van der Waals surface area contributed by atoms with Crippen LogP contribution >= 0.6 is 0 Å². The molecule has 3 rings (SSSR count). The summed E-state index contributed by atoms with van der Waals surface area (Å²) in [4.78, 5) is 11.3. The molecule has 0 saturated carbocycles. The second-order valence-corrected chi connectivity index (χ2v) is 4.13. The van der Waals surface area contributed by atoms with E-state index in [1.54, 1.807) is 30.7 Å². The minimum Gasteiger partial charge on any atom is -0.502 e. The molecule has 0 saturated heterocycles. The van der Waals surface area contributed by atoms with E-state index >= 15 is 0 Å². The number of rotatable bonds is 3. The van der Waals surface area contributed by atoms with Gasteiger partial charge in [0.05, 0.1) is 5.39 Å². The van der Waals surface area contributed by atoms with Crippen LogP contribution in [0.1, 0.15) is 5.56 Å².